The van der Waals surface area contributed by atoms with Crippen molar-refractivity contribution in [3.05, 3.63) is 47.1 Å². The Hall–Kier alpha value is -2.41. The zero-order chi connectivity index (χ0) is 14.3. The summed E-state index contributed by atoms with van der Waals surface area (Å²) in [5.41, 5.74) is 0.143. The second-order valence-corrected chi connectivity index (χ2v) is 3.44. The fourth-order valence-corrected chi connectivity index (χ4v) is 1.20. The van der Waals surface area contributed by atoms with Crippen molar-refractivity contribution in [2.24, 2.45) is 0 Å². The van der Waals surface area contributed by atoms with E-state index >= 15 is 0 Å². The minimum absolute atomic E-state index is 0.0579. The van der Waals surface area contributed by atoms with Gasteiger partial charge in [0.15, 0.2) is 0 Å². The maximum absolute atomic E-state index is 10.5. The number of carbonyl (C=O) groups excluding carboxylic acids is 1. The van der Waals surface area contributed by atoms with E-state index < -0.39 is 11.9 Å². The van der Waals surface area contributed by atoms with Crippen LogP contribution in [0.5, 0.6) is 0 Å². The molecule has 0 spiro atoms. The molecule has 2 aromatic rings. The number of benzene rings is 1. The molecule has 7 nitrogen and oxygen atoms in total. The molecule has 2 rings (SSSR count). The predicted octanol–water partition coefficient (Wildman–Crippen LogP) is 1.89. The van der Waals surface area contributed by atoms with E-state index in [1.54, 1.807) is 18.2 Å². The molecule has 8 heteroatoms. The molecule has 1 aromatic carbocycles. The minimum Gasteiger partial charge on any atom is -0.478 e. The summed E-state index contributed by atoms with van der Waals surface area (Å²) in [5, 5.41) is 12.0. The molecular formula is C11H9ClN2O5. The van der Waals surface area contributed by atoms with Gasteiger partial charge in [0.05, 0.1) is 17.7 Å². The Labute approximate surface area is 112 Å². The van der Waals surface area contributed by atoms with Crippen molar-refractivity contribution < 1.29 is 24.0 Å². The van der Waals surface area contributed by atoms with Crippen LogP contribution in [-0.4, -0.2) is 34.3 Å². The van der Waals surface area contributed by atoms with E-state index in [2.05, 4.69) is 19.4 Å². The van der Waals surface area contributed by atoms with Gasteiger partial charge in [-0.2, -0.15) is 4.98 Å². The van der Waals surface area contributed by atoms with Gasteiger partial charge >= 0.3 is 11.9 Å². The third-order valence-electron chi connectivity index (χ3n) is 1.83. The molecule has 0 atom stereocenters. The van der Waals surface area contributed by atoms with Gasteiger partial charge < -0.3 is 14.4 Å². The number of hydrogen-bond acceptors (Lipinski definition) is 6. The van der Waals surface area contributed by atoms with Gasteiger partial charge in [-0.15, -0.1) is 0 Å². The molecule has 1 aromatic heterocycles. The Morgan fingerprint density at radius 2 is 2.05 bits per heavy atom. The van der Waals surface area contributed by atoms with Crippen LogP contribution in [0.1, 0.15) is 21.0 Å². The van der Waals surface area contributed by atoms with Crippen LogP contribution < -0.4 is 0 Å². The topological polar surface area (TPSA) is 103 Å². The Kier molecular flexibility index (Phi) is 5.49. The van der Waals surface area contributed by atoms with E-state index in [0.717, 1.165) is 6.39 Å². The predicted molar refractivity (Wildman–Crippen MR) is 64.0 cm³/mol. The van der Waals surface area contributed by atoms with E-state index in [4.69, 9.17) is 16.7 Å². The molecule has 0 aliphatic carbocycles. The fourth-order valence-electron chi connectivity index (χ4n) is 0.986. The standard InChI is InChI=1S/C7H5ClO2.C4H4N2O3/c8-6-4-2-1-3-5(6)7(9)10;1-8-4(7)3-5-2-9-6-3/h1-4H,(H,9,10);2H,1H3. The third kappa shape index (κ3) is 4.40. The van der Waals surface area contributed by atoms with Crippen molar-refractivity contribution in [3.63, 3.8) is 0 Å². The summed E-state index contributed by atoms with van der Waals surface area (Å²) in [4.78, 5) is 24.2. The number of ether oxygens (including phenoxy) is 1. The minimum atomic E-state index is -0.995. The molecule has 0 radical (unpaired) electrons. The van der Waals surface area contributed by atoms with Crippen LogP contribution >= 0.6 is 11.6 Å². The number of esters is 1. The number of carbonyl (C=O) groups is 2. The highest BCUT2D eigenvalue weighted by atomic mass is 35.5. The normalized spacial score (nSPS) is 9.16. The van der Waals surface area contributed by atoms with E-state index in [9.17, 15) is 9.59 Å². The highest BCUT2D eigenvalue weighted by molar-refractivity contribution is 6.33. The SMILES string of the molecule is COC(=O)c1ncon1.O=C(O)c1ccccc1Cl. The average Bonchev–Trinajstić information content (AvgIpc) is 2.92. The Morgan fingerprint density at radius 1 is 1.37 bits per heavy atom. The molecule has 0 saturated heterocycles. The lowest BCUT2D eigenvalue weighted by Gasteiger charge is -1.94. The highest BCUT2D eigenvalue weighted by Gasteiger charge is 2.08. The molecule has 0 fully saturated rings. The van der Waals surface area contributed by atoms with Gasteiger partial charge in [0.1, 0.15) is 0 Å². The van der Waals surface area contributed by atoms with Crippen molar-refractivity contribution in [2.45, 2.75) is 0 Å². The van der Waals surface area contributed by atoms with Crippen molar-refractivity contribution in [3.8, 4) is 0 Å². The van der Waals surface area contributed by atoms with Crippen LogP contribution in [-0.2, 0) is 4.74 Å². The first-order valence-corrected chi connectivity index (χ1v) is 5.26. The summed E-state index contributed by atoms with van der Waals surface area (Å²) < 4.78 is 8.55. The van der Waals surface area contributed by atoms with Gasteiger partial charge in [0, 0.05) is 0 Å². The van der Waals surface area contributed by atoms with Gasteiger partial charge in [-0.3, -0.25) is 0 Å². The Balaban J connectivity index is 0.000000191. The second-order valence-electron chi connectivity index (χ2n) is 3.03. The summed E-state index contributed by atoms with van der Waals surface area (Å²) in [5.74, 6) is -1.65. The number of hydrogen-bond donors (Lipinski definition) is 1. The molecule has 100 valence electrons. The van der Waals surface area contributed by atoms with Crippen molar-refractivity contribution >= 4 is 23.5 Å². The first kappa shape index (κ1) is 14.7. The van der Waals surface area contributed by atoms with E-state index in [-0.39, 0.29) is 16.4 Å². The van der Waals surface area contributed by atoms with Gasteiger partial charge in [0.25, 0.3) is 5.82 Å². The molecule has 1 heterocycles. The number of carboxylic acids is 1. The van der Waals surface area contributed by atoms with Crippen LogP contribution in [0, 0.1) is 0 Å². The van der Waals surface area contributed by atoms with Crippen LogP contribution in [0.25, 0.3) is 0 Å². The molecule has 0 bridgehead atoms. The van der Waals surface area contributed by atoms with Gasteiger partial charge in [0.2, 0.25) is 6.39 Å². The zero-order valence-electron chi connectivity index (χ0n) is 9.74. The second kappa shape index (κ2) is 7.12. The Morgan fingerprint density at radius 3 is 2.47 bits per heavy atom. The lowest BCUT2D eigenvalue weighted by atomic mass is 10.2. The molecule has 0 amide bonds. The number of halogens is 1. The average molecular weight is 285 g/mol. The number of aromatic carboxylic acids is 1. The maximum Gasteiger partial charge on any atom is 0.379 e. The number of rotatable bonds is 2. The van der Waals surface area contributed by atoms with Gasteiger partial charge in [-0.25, -0.2) is 9.59 Å². The summed E-state index contributed by atoms with van der Waals surface area (Å²) in [6.45, 7) is 0. The third-order valence-corrected chi connectivity index (χ3v) is 2.16. The summed E-state index contributed by atoms with van der Waals surface area (Å²) in [7, 11) is 1.25. The lowest BCUT2D eigenvalue weighted by molar-refractivity contribution is 0.0582. The first-order chi connectivity index (χ1) is 9.06. The fraction of sp³-hybridized carbons (Fsp3) is 0.0909. The van der Waals surface area contributed by atoms with Crippen molar-refractivity contribution in [1.82, 2.24) is 10.1 Å². The monoisotopic (exact) mass is 284 g/mol. The smallest absolute Gasteiger partial charge is 0.379 e. The number of carboxylic acid groups (broad SMARTS) is 1. The van der Waals surface area contributed by atoms with Gasteiger partial charge in [-0.05, 0) is 12.1 Å². The highest BCUT2D eigenvalue weighted by Crippen LogP contribution is 2.13. The number of methoxy groups -OCH3 is 1. The maximum atomic E-state index is 10.5. The lowest BCUT2D eigenvalue weighted by Crippen LogP contribution is -2.02. The molecule has 0 saturated carbocycles. The van der Waals surface area contributed by atoms with E-state index in [1.165, 1.54) is 13.2 Å². The molecule has 0 unspecified atom stereocenters. The largest absolute Gasteiger partial charge is 0.478 e. The van der Waals surface area contributed by atoms with E-state index in [0.29, 0.717) is 0 Å². The molecule has 0 aliphatic rings. The molecule has 1 N–H and O–H groups in total. The molecule has 0 aliphatic heterocycles. The van der Waals surface area contributed by atoms with Gasteiger partial charge in [-0.1, -0.05) is 28.9 Å². The van der Waals surface area contributed by atoms with Crippen LogP contribution in [0.15, 0.2) is 35.2 Å². The Bertz CT molecular complexity index is 556. The quantitative estimate of drug-likeness (QED) is 0.840. The van der Waals surface area contributed by atoms with Crippen LogP contribution in [0.2, 0.25) is 5.02 Å². The van der Waals surface area contributed by atoms with Crippen molar-refractivity contribution in [1.29, 1.82) is 0 Å². The first-order valence-electron chi connectivity index (χ1n) is 4.88. The zero-order valence-corrected chi connectivity index (χ0v) is 10.5. The number of nitrogens with zero attached hydrogens (tertiary/aromatic N) is 2. The molecular weight excluding hydrogens is 276 g/mol. The molecule has 19 heavy (non-hydrogen) atoms. The van der Waals surface area contributed by atoms with Crippen LogP contribution in [0.3, 0.4) is 0 Å². The summed E-state index contributed by atoms with van der Waals surface area (Å²) in [6.07, 6.45) is 1.06. The summed E-state index contributed by atoms with van der Waals surface area (Å²) >= 11 is 5.54. The van der Waals surface area contributed by atoms with E-state index in [1.807, 2.05) is 0 Å². The van der Waals surface area contributed by atoms with Crippen LogP contribution in [0.4, 0.5) is 0 Å². The summed E-state index contributed by atoms with van der Waals surface area (Å²) in [6, 6.07) is 6.33. The number of aromatic nitrogens is 2. The van der Waals surface area contributed by atoms with Crippen molar-refractivity contribution in [2.75, 3.05) is 7.11 Å².